The van der Waals surface area contributed by atoms with Crippen LogP contribution in [0.15, 0.2) is 24.3 Å². The highest BCUT2D eigenvalue weighted by atomic mass is 35.5. The summed E-state index contributed by atoms with van der Waals surface area (Å²) >= 11 is 0. The summed E-state index contributed by atoms with van der Waals surface area (Å²) in [5, 5.41) is 9.11. The summed E-state index contributed by atoms with van der Waals surface area (Å²) in [5.74, 6) is -0.318. The van der Waals surface area contributed by atoms with E-state index in [0.717, 1.165) is 0 Å². The Morgan fingerprint density at radius 1 is 1.40 bits per heavy atom. The minimum absolute atomic E-state index is 0. The van der Waals surface area contributed by atoms with Crippen molar-refractivity contribution in [3.63, 3.8) is 0 Å². The monoisotopic (exact) mass is 233 g/mol. The Morgan fingerprint density at radius 3 is 2.40 bits per heavy atom. The van der Waals surface area contributed by atoms with Crippen molar-refractivity contribution >= 4 is 12.4 Å². The lowest BCUT2D eigenvalue weighted by atomic mass is 9.82. The molecule has 0 heterocycles. The maximum Gasteiger partial charge on any atom is 0.127 e. The average Bonchev–Trinajstić information content (AvgIpc) is 2.17. The zero-order valence-electron chi connectivity index (χ0n) is 8.90. The third kappa shape index (κ3) is 3.16. The van der Waals surface area contributed by atoms with E-state index in [1.807, 2.05) is 13.8 Å². The highest BCUT2D eigenvalue weighted by molar-refractivity contribution is 5.85. The Balaban J connectivity index is 0.00000196. The zero-order valence-corrected chi connectivity index (χ0v) is 9.72. The third-order valence-corrected chi connectivity index (χ3v) is 2.49. The van der Waals surface area contributed by atoms with Crippen LogP contribution in [0.3, 0.4) is 0 Å². The molecule has 0 fully saturated rings. The van der Waals surface area contributed by atoms with E-state index in [0.29, 0.717) is 5.56 Å². The van der Waals surface area contributed by atoms with E-state index >= 15 is 0 Å². The van der Waals surface area contributed by atoms with E-state index in [-0.39, 0.29) is 24.8 Å². The topological polar surface area (TPSA) is 46.2 Å². The summed E-state index contributed by atoms with van der Waals surface area (Å²) < 4.78 is 13.3. The van der Waals surface area contributed by atoms with Crippen LogP contribution in [-0.2, 0) is 0 Å². The predicted molar refractivity (Wildman–Crippen MR) is 61.4 cm³/mol. The minimum atomic E-state index is -0.512. The van der Waals surface area contributed by atoms with Gasteiger partial charge in [-0.25, -0.2) is 4.39 Å². The molecule has 3 N–H and O–H groups in total. The van der Waals surface area contributed by atoms with Gasteiger partial charge in [0.05, 0.1) is 0 Å². The molecule has 4 heteroatoms. The Hall–Kier alpha value is -0.640. The molecule has 1 aromatic rings. The molecule has 15 heavy (non-hydrogen) atoms. The molecule has 1 atom stereocenters. The van der Waals surface area contributed by atoms with Crippen LogP contribution < -0.4 is 5.73 Å². The maximum atomic E-state index is 13.3. The lowest BCUT2D eigenvalue weighted by Gasteiger charge is -2.29. The predicted octanol–water partition coefficient (Wildman–Crippen LogP) is 2.27. The molecule has 0 unspecified atom stereocenters. The quantitative estimate of drug-likeness (QED) is 0.841. The Labute approximate surface area is 95.7 Å². The van der Waals surface area contributed by atoms with E-state index < -0.39 is 11.5 Å². The molecule has 0 spiro atoms. The summed E-state index contributed by atoms with van der Waals surface area (Å²) in [7, 11) is 0. The van der Waals surface area contributed by atoms with Crippen LogP contribution in [0.4, 0.5) is 4.39 Å². The van der Waals surface area contributed by atoms with Crippen LogP contribution >= 0.6 is 12.4 Å². The van der Waals surface area contributed by atoms with Gasteiger partial charge in [0.1, 0.15) is 5.82 Å². The van der Waals surface area contributed by atoms with Crippen molar-refractivity contribution in [2.45, 2.75) is 19.9 Å². The zero-order chi connectivity index (χ0) is 10.8. The van der Waals surface area contributed by atoms with Gasteiger partial charge in [0, 0.05) is 23.6 Å². The van der Waals surface area contributed by atoms with E-state index in [2.05, 4.69) is 0 Å². The first-order chi connectivity index (χ1) is 6.49. The SMILES string of the molecule is CC(C)(CO)[C@H](N)c1ccccc1F.Cl. The molecule has 2 nitrogen and oxygen atoms in total. The van der Waals surface area contributed by atoms with E-state index in [1.165, 1.54) is 6.07 Å². The van der Waals surface area contributed by atoms with E-state index in [1.54, 1.807) is 18.2 Å². The van der Waals surface area contributed by atoms with Crippen LogP contribution in [0.5, 0.6) is 0 Å². The third-order valence-electron chi connectivity index (χ3n) is 2.49. The number of benzene rings is 1. The molecule has 1 rings (SSSR count). The highest BCUT2D eigenvalue weighted by Gasteiger charge is 2.28. The van der Waals surface area contributed by atoms with Crippen molar-refractivity contribution in [2.75, 3.05) is 6.61 Å². The fraction of sp³-hybridized carbons (Fsp3) is 0.455. The second-order valence-electron chi connectivity index (χ2n) is 4.15. The maximum absolute atomic E-state index is 13.3. The second kappa shape index (κ2) is 5.45. The van der Waals surface area contributed by atoms with Crippen molar-refractivity contribution in [1.82, 2.24) is 0 Å². The number of nitrogens with two attached hydrogens (primary N) is 1. The Bertz CT molecular complexity index is 317. The molecule has 0 saturated heterocycles. The van der Waals surface area contributed by atoms with Gasteiger partial charge in [-0.1, -0.05) is 32.0 Å². The van der Waals surface area contributed by atoms with Crippen molar-refractivity contribution in [1.29, 1.82) is 0 Å². The van der Waals surface area contributed by atoms with Gasteiger partial charge in [0.25, 0.3) is 0 Å². The number of aliphatic hydroxyl groups excluding tert-OH is 1. The van der Waals surface area contributed by atoms with Crippen LogP contribution in [0.25, 0.3) is 0 Å². The number of hydrogen-bond donors (Lipinski definition) is 2. The first-order valence-electron chi connectivity index (χ1n) is 4.60. The summed E-state index contributed by atoms with van der Waals surface area (Å²) in [6, 6.07) is 5.90. The van der Waals surface area contributed by atoms with Crippen molar-refractivity contribution < 1.29 is 9.50 Å². The van der Waals surface area contributed by atoms with E-state index in [4.69, 9.17) is 10.8 Å². The summed E-state index contributed by atoms with van der Waals surface area (Å²) in [6.45, 7) is 3.55. The van der Waals surface area contributed by atoms with Gasteiger partial charge in [-0.15, -0.1) is 12.4 Å². The number of halogens is 2. The smallest absolute Gasteiger partial charge is 0.127 e. The standard InChI is InChI=1S/C11H16FNO.ClH/c1-11(2,7-14)10(13)8-5-3-4-6-9(8)12;/h3-6,10,14H,7,13H2,1-2H3;1H/t10-;/m1./s1. The average molecular weight is 234 g/mol. The van der Waals surface area contributed by atoms with Crippen molar-refractivity contribution in [3.05, 3.63) is 35.6 Å². The molecule has 0 saturated carbocycles. The molecule has 0 aliphatic carbocycles. The molecule has 0 bridgehead atoms. The van der Waals surface area contributed by atoms with Crippen molar-refractivity contribution in [2.24, 2.45) is 11.1 Å². The molecular weight excluding hydrogens is 217 g/mol. The summed E-state index contributed by atoms with van der Waals surface area (Å²) in [5.41, 5.74) is 5.82. The highest BCUT2D eigenvalue weighted by Crippen LogP contribution is 2.31. The van der Waals surface area contributed by atoms with Gasteiger partial charge in [-0.3, -0.25) is 0 Å². The summed E-state index contributed by atoms with van der Waals surface area (Å²) in [6.07, 6.45) is 0. The van der Waals surface area contributed by atoms with Gasteiger partial charge >= 0.3 is 0 Å². The van der Waals surface area contributed by atoms with Crippen LogP contribution in [-0.4, -0.2) is 11.7 Å². The normalized spacial score (nSPS) is 13.1. The van der Waals surface area contributed by atoms with Crippen LogP contribution in [0, 0.1) is 11.2 Å². The first kappa shape index (κ1) is 14.4. The number of hydrogen-bond acceptors (Lipinski definition) is 2. The first-order valence-corrected chi connectivity index (χ1v) is 4.60. The fourth-order valence-electron chi connectivity index (χ4n) is 1.25. The van der Waals surface area contributed by atoms with Gasteiger partial charge in [-0.2, -0.15) is 0 Å². The molecule has 1 aromatic carbocycles. The summed E-state index contributed by atoms with van der Waals surface area (Å²) in [4.78, 5) is 0. The number of rotatable bonds is 3. The lowest BCUT2D eigenvalue weighted by Crippen LogP contribution is -2.33. The van der Waals surface area contributed by atoms with Gasteiger partial charge in [0.15, 0.2) is 0 Å². The van der Waals surface area contributed by atoms with Gasteiger partial charge < -0.3 is 10.8 Å². The largest absolute Gasteiger partial charge is 0.396 e. The van der Waals surface area contributed by atoms with E-state index in [9.17, 15) is 4.39 Å². The number of aliphatic hydroxyl groups is 1. The molecule has 0 aromatic heterocycles. The molecule has 0 radical (unpaired) electrons. The second-order valence-corrected chi connectivity index (χ2v) is 4.15. The van der Waals surface area contributed by atoms with Gasteiger partial charge in [-0.05, 0) is 6.07 Å². The molecule has 86 valence electrons. The fourth-order valence-corrected chi connectivity index (χ4v) is 1.25. The van der Waals surface area contributed by atoms with Crippen molar-refractivity contribution in [3.8, 4) is 0 Å². The minimum Gasteiger partial charge on any atom is -0.396 e. The van der Waals surface area contributed by atoms with Crippen LogP contribution in [0.2, 0.25) is 0 Å². The van der Waals surface area contributed by atoms with Crippen LogP contribution in [0.1, 0.15) is 25.5 Å². The molecule has 0 aliphatic heterocycles. The van der Waals surface area contributed by atoms with Gasteiger partial charge in [0.2, 0.25) is 0 Å². The Morgan fingerprint density at radius 2 is 1.93 bits per heavy atom. The lowest BCUT2D eigenvalue weighted by molar-refractivity contribution is 0.131. The molecular formula is C11H17ClFNO. The molecule has 0 amide bonds. The Kier molecular flexibility index (Phi) is 5.21. The molecule has 0 aliphatic rings.